The highest BCUT2D eigenvalue weighted by Gasteiger charge is 2.32. The number of hydrogen-bond acceptors (Lipinski definition) is 5. The first-order chi connectivity index (χ1) is 14.0. The van der Waals surface area contributed by atoms with Crippen LogP contribution in [0.5, 0.6) is 0 Å². The van der Waals surface area contributed by atoms with Gasteiger partial charge in [0.1, 0.15) is 0 Å². The van der Waals surface area contributed by atoms with Gasteiger partial charge in [0.15, 0.2) is 4.80 Å². The van der Waals surface area contributed by atoms with Crippen LogP contribution in [-0.2, 0) is 9.53 Å². The molecule has 1 aliphatic rings. The van der Waals surface area contributed by atoms with Crippen LogP contribution in [0.25, 0.3) is 6.08 Å². The molecule has 0 N–H and O–H groups in total. The summed E-state index contributed by atoms with van der Waals surface area (Å²) in [6, 6.07) is 16.1. The van der Waals surface area contributed by atoms with Gasteiger partial charge in [0.2, 0.25) is 0 Å². The second kappa shape index (κ2) is 7.81. The molecular weight excluding hydrogens is 408 g/mol. The molecule has 7 heteroatoms. The van der Waals surface area contributed by atoms with Gasteiger partial charge < -0.3 is 4.74 Å². The van der Waals surface area contributed by atoms with Crippen molar-refractivity contribution in [1.82, 2.24) is 4.57 Å². The average Bonchev–Trinajstić information content (AvgIpc) is 3.02. The van der Waals surface area contributed by atoms with Crippen molar-refractivity contribution in [3.05, 3.63) is 102 Å². The molecule has 0 saturated carbocycles. The number of rotatable bonds is 3. The van der Waals surface area contributed by atoms with Gasteiger partial charge in [-0.25, -0.2) is 9.79 Å². The van der Waals surface area contributed by atoms with Crippen LogP contribution in [0.1, 0.15) is 24.1 Å². The highest BCUT2D eigenvalue weighted by atomic mass is 35.5. The molecule has 2 aromatic carbocycles. The SMILES string of the molecule is COC(=O)C1=C(C)N=c2sc(=Cc3cccc(Cl)c3)c(=O)n2[C@H]1c1ccccc1. The van der Waals surface area contributed by atoms with E-state index in [2.05, 4.69) is 4.99 Å². The highest BCUT2D eigenvalue weighted by Crippen LogP contribution is 2.30. The Kier molecular flexibility index (Phi) is 5.22. The predicted octanol–water partition coefficient (Wildman–Crippen LogP) is 3.06. The van der Waals surface area contributed by atoms with Crippen LogP contribution < -0.4 is 14.9 Å². The summed E-state index contributed by atoms with van der Waals surface area (Å²) >= 11 is 7.35. The lowest BCUT2D eigenvalue weighted by molar-refractivity contribution is -0.136. The van der Waals surface area contributed by atoms with E-state index < -0.39 is 12.0 Å². The number of nitrogens with zero attached hydrogens (tertiary/aromatic N) is 2. The summed E-state index contributed by atoms with van der Waals surface area (Å²) in [7, 11) is 1.33. The molecule has 0 saturated heterocycles. The minimum absolute atomic E-state index is 0.212. The average molecular weight is 425 g/mol. The van der Waals surface area contributed by atoms with E-state index in [0.717, 1.165) is 11.1 Å². The van der Waals surface area contributed by atoms with Crippen LogP contribution in [-0.4, -0.2) is 17.6 Å². The molecule has 0 aliphatic carbocycles. The second-order valence-corrected chi connectivity index (χ2v) is 7.98. The van der Waals surface area contributed by atoms with Crippen LogP contribution in [0.3, 0.4) is 0 Å². The van der Waals surface area contributed by atoms with Crippen LogP contribution in [0.4, 0.5) is 0 Å². The summed E-state index contributed by atoms with van der Waals surface area (Å²) in [5.41, 5.74) is 2.33. The van der Waals surface area contributed by atoms with Gasteiger partial charge >= 0.3 is 5.97 Å². The number of fused-ring (bicyclic) bond motifs is 1. The predicted molar refractivity (Wildman–Crippen MR) is 114 cm³/mol. The molecule has 4 rings (SSSR count). The quantitative estimate of drug-likeness (QED) is 0.607. The zero-order chi connectivity index (χ0) is 20.5. The van der Waals surface area contributed by atoms with E-state index in [9.17, 15) is 9.59 Å². The summed E-state index contributed by atoms with van der Waals surface area (Å²) in [5.74, 6) is -0.496. The van der Waals surface area contributed by atoms with Crippen molar-refractivity contribution in [3.8, 4) is 0 Å². The van der Waals surface area contributed by atoms with Gasteiger partial charge in [-0.3, -0.25) is 9.36 Å². The Morgan fingerprint density at radius 3 is 2.66 bits per heavy atom. The fourth-order valence-corrected chi connectivity index (χ4v) is 4.64. The lowest BCUT2D eigenvalue weighted by Gasteiger charge is -2.24. The van der Waals surface area contributed by atoms with Crippen LogP contribution in [0.15, 0.2) is 75.7 Å². The number of benzene rings is 2. The number of carbonyl (C=O) groups is 1. The normalized spacial score (nSPS) is 16.4. The van der Waals surface area contributed by atoms with Crippen LogP contribution >= 0.6 is 22.9 Å². The number of halogens is 1. The van der Waals surface area contributed by atoms with Gasteiger partial charge in [-0.2, -0.15) is 0 Å². The Labute approximate surface area is 175 Å². The fraction of sp³-hybridized carbons (Fsp3) is 0.136. The maximum Gasteiger partial charge on any atom is 0.338 e. The van der Waals surface area contributed by atoms with Crippen LogP contribution in [0, 0.1) is 0 Å². The third kappa shape index (κ3) is 3.57. The standard InChI is InChI=1S/C22H17ClN2O3S/c1-13-18(21(27)28-2)19(15-8-4-3-5-9-15)25-20(26)17(29-22(25)24-13)12-14-7-6-10-16(23)11-14/h3-12,19H,1-2H3/t19-/m0/s1. The van der Waals surface area contributed by atoms with E-state index in [0.29, 0.717) is 25.6 Å². The molecular formula is C22H17ClN2O3S. The molecule has 1 atom stereocenters. The Bertz CT molecular complexity index is 1310. The molecule has 0 spiro atoms. The minimum atomic E-state index is -0.596. The molecule has 1 aliphatic heterocycles. The number of ether oxygens (including phenoxy) is 1. The molecule has 146 valence electrons. The number of hydrogen-bond donors (Lipinski definition) is 0. The monoisotopic (exact) mass is 424 g/mol. The van der Waals surface area contributed by atoms with Crippen molar-refractivity contribution in [2.24, 2.45) is 4.99 Å². The zero-order valence-corrected chi connectivity index (χ0v) is 17.3. The Hall–Kier alpha value is -2.96. The summed E-state index contributed by atoms with van der Waals surface area (Å²) in [6.45, 7) is 1.76. The first kappa shape index (κ1) is 19.4. The van der Waals surface area contributed by atoms with Gasteiger partial charge in [0.05, 0.1) is 29.0 Å². The van der Waals surface area contributed by atoms with Gasteiger partial charge in [0.25, 0.3) is 5.56 Å². The fourth-order valence-electron chi connectivity index (χ4n) is 3.39. The number of aromatic nitrogens is 1. The molecule has 29 heavy (non-hydrogen) atoms. The molecule has 0 bridgehead atoms. The Morgan fingerprint density at radius 1 is 1.21 bits per heavy atom. The molecule has 3 aromatic rings. The van der Waals surface area contributed by atoms with Crippen molar-refractivity contribution in [2.45, 2.75) is 13.0 Å². The molecule has 2 heterocycles. The number of methoxy groups -OCH3 is 1. The minimum Gasteiger partial charge on any atom is -0.466 e. The van der Waals surface area contributed by atoms with E-state index in [4.69, 9.17) is 16.3 Å². The van der Waals surface area contributed by atoms with E-state index in [1.54, 1.807) is 29.7 Å². The number of carbonyl (C=O) groups excluding carboxylic acids is 1. The number of esters is 1. The van der Waals surface area contributed by atoms with Gasteiger partial charge in [-0.15, -0.1) is 0 Å². The van der Waals surface area contributed by atoms with Gasteiger partial charge in [-0.05, 0) is 36.3 Å². The number of allylic oxidation sites excluding steroid dienone is 1. The largest absolute Gasteiger partial charge is 0.466 e. The molecule has 0 radical (unpaired) electrons. The smallest absolute Gasteiger partial charge is 0.338 e. The summed E-state index contributed by atoms with van der Waals surface area (Å²) < 4.78 is 7.08. The lowest BCUT2D eigenvalue weighted by Crippen LogP contribution is -2.39. The molecule has 0 amide bonds. The molecule has 5 nitrogen and oxygen atoms in total. The van der Waals surface area contributed by atoms with Gasteiger partial charge in [-0.1, -0.05) is 65.4 Å². The van der Waals surface area contributed by atoms with Crippen molar-refractivity contribution >= 4 is 35.0 Å². The van der Waals surface area contributed by atoms with Crippen molar-refractivity contribution in [3.63, 3.8) is 0 Å². The maximum atomic E-state index is 13.3. The number of thiazole rings is 1. The lowest BCUT2D eigenvalue weighted by atomic mass is 9.96. The topological polar surface area (TPSA) is 60.7 Å². The van der Waals surface area contributed by atoms with Gasteiger partial charge in [0, 0.05) is 5.02 Å². The summed E-state index contributed by atoms with van der Waals surface area (Å²) in [6.07, 6.45) is 1.79. The molecule has 1 aromatic heterocycles. The second-order valence-electron chi connectivity index (χ2n) is 6.54. The first-order valence-electron chi connectivity index (χ1n) is 8.91. The first-order valence-corrected chi connectivity index (χ1v) is 10.1. The third-order valence-corrected chi connectivity index (χ3v) is 5.91. The van der Waals surface area contributed by atoms with E-state index >= 15 is 0 Å². The summed E-state index contributed by atoms with van der Waals surface area (Å²) in [4.78, 5) is 30.9. The summed E-state index contributed by atoms with van der Waals surface area (Å²) in [5, 5.41) is 0.595. The van der Waals surface area contributed by atoms with Crippen molar-refractivity contribution in [2.75, 3.05) is 7.11 Å². The Balaban J connectivity index is 1.98. The molecule has 0 unspecified atom stereocenters. The van der Waals surface area contributed by atoms with E-state index in [-0.39, 0.29) is 5.56 Å². The third-order valence-electron chi connectivity index (χ3n) is 4.69. The highest BCUT2D eigenvalue weighted by molar-refractivity contribution is 7.07. The Morgan fingerprint density at radius 2 is 1.97 bits per heavy atom. The molecule has 0 fully saturated rings. The maximum absolute atomic E-state index is 13.3. The van der Waals surface area contributed by atoms with E-state index in [1.165, 1.54) is 18.4 Å². The van der Waals surface area contributed by atoms with Crippen LogP contribution in [0.2, 0.25) is 5.02 Å². The van der Waals surface area contributed by atoms with Crippen molar-refractivity contribution in [1.29, 1.82) is 0 Å². The van der Waals surface area contributed by atoms with E-state index in [1.807, 2.05) is 42.5 Å². The zero-order valence-electron chi connectivity index (χ0n) is 15.8. The van der Waals surface area contributed by atoms with Crippen molar-refractivity contribution < 1.29 is 9.53 Å².